The van der Waals surface area contributed by atoms with Crippen LogP contribution in [0.2, 0.25) is 5.02 Å². The number of carbonyl (C=O) groups is 2. The largest absolute Gasteiger partial charge is 0.348 e. The minimum Gasteiger partial charge on any atom is -0.348 e. The molecule has 0 atom stereocenters. The number of hydrogen-bond acceptors (Lipinski definition) is 5. The zero-order chi connectivity index (χ0) is 22.5. The highest BCUT2D eigenvalue weighted by Crippen LogP contribution is 2.29. The molecule has 1 aliphatic heterocycles. The van der Waals surface area contributed by atoms with Gasteiger partial charge < -0.3 is 10.6 Å². The number of carbonyl (C=O) groups excluding carboxylic acids is 2. The van der Waals surface area contributed by atoms with Crippen molar-refractivity contribution in [3.8, 4) is 10.6 Å². The smallest absolute Gasteiger partial charge is 0.263 e. The summed E-state index contributed by atoms with van der Waals surface area (Å²) in [5.41, 5.74) is 2.43. The number of aromatic nitrogens is 1. The Balaban J connectivity index is 1.28. The number of halogens is 1. The first-order valence-electron chi connectivity index (χ1n) is 10.6. The minimum atomic E-state index is -0.0893. The number of rotatable bonds is 6. The number of benzene rings is 2. The SMILES string of the molecule is Cc1nc(-c2cccc(Cl)c2)sc1C(=O)NC1CCN(CC(=O)Nc2ccccc2)CC1. The van der Waals surface area contributed by atoms with E-state index in [9.17, 15) is 9.59 Å². The second kappa shape index (κ2) is 10.3. The van der Waals surface area contributed by atoms with Crippen LogP contribution in [-0.2, 0) is 4.79 Å². The summed E-state index contributed by atoms with van der Waals surface area (Å²) in [5, 5.41) is 7.49. The third kappa shape index (κ3) is 5.73. The van der Waals surface area contributed by atoms with Gasteiger partial charge in [0.15, 0.2) is 0 Å². The quantitative estimate of drug-likeness (QED) is 0.554. The van der Waals surface area contributed by atoms with Gasteiger partial charge in [0.05, 0.1) is 12.2 Å². The van der Waals surface area contributed by atoms with E-state index >= 15 is 0 Å². The van der Waals surface area contributed by atoms with Gasteiger partial charge in [-0.05, 0) is 44.0 Å². The Hall–Kier alpha value is -2.74. The van der Waals surface area contributed by atoms with Crippen LogP contribution in [0.4, 0.5) is 5.69 Å². The molecule has 2 N–H and O–H groups in total. The minimum absolute atomic E-state index is 0.0208. The van der Waals surface area contributed by atoms with Crippen molar-refractivity contribution in [2.75, 3.05) is 25.0 Å². The van der Waals surface area contributed by atoms with Gasteiger partial charge >= 0.3 is 0 Å². The lowest BCUT2D eigenvalue weighted by atomic mass is 10.0. The van der Waals surface area contributed by atoms with Crippen molar-refractivity contribution in [1.29, 1.82) is 0 Å². The molecule has 1 saturated heterocycles. The van der Waals surface area contributed by atoms with Crippen LogP contribution < -0.4 is 10.6 Å². The number of likely N-dealkylation sites (tertiary alicyclic amines) is 1. The summed E-state index contributed by atoms with van der Waals surface area (Å²) >= 11 is 7.47. The average Bonchev–Trinajstić information content (AvgIpc) is 3.17. The van der Waals surface area contributed by atoms with E-state index in [1.54, 1.807) is 0 Å². The first kappa shape index (κ1) is 22.5. The molecule has 32 heavy (non-hydrogen) atoms. The van der Waals surface area contributed by atoms with Crippen LogP contribution in [0.25, 0.3) is 10.6 Å². The molecule has 0 spiro atoms. The highest BCUT2D eigenvalue weighted by Gasteiger charge is 2.24. The van der Waals surface area contributed by atoms with Crippen LogP contribution in [0.5, 0.6) is 0 Å². The third-order valence-corrected chi connectivity index (χ3v) is 6.86. The predicted molar refractivity (Wildman–Crippen MR) is 129 cm³/mol. The van der Waals surface area contributed by atoms with Crippen LogP contribution >= 0.6 is 22.9 Å². The Morgan fingerprint density at radius 3 is 2.59 bits per heavy atom. The fourth-order valence-corrected chi connectivity index (χ4v) is 4.92. The van der Waals surface area contributed by atoms with Crippen LogP contribution in [0.3, 0.4) is 0 Å². The fourth-order valence-electron chi connectivity index (χ4n) is 3.76. The Labute approximate surface area is 196 Å². The van der Waals surface area contributed by atoms with Crippen molar-refractivity contribution in [2.24, 2.45) is 0 Å². The van der Waals surface area contributed by atoms with Gasteiger partial charge in [0.25, 0.3) is 5.91 Å². The molecule has 1 aliphatic rings. The Morgan fingerprint density at radius 2 is 1.88 bits per heavy atom. The zero-order valence-corrected chi connectivity index (χ0v) is 19.4. The van der Waals surface area contributed by atoms with Gasteiger partial charge in [-0.3, -0.25) is 14.5 Å². The maximum atomic E-state index is 12.9. The second-order valence-corrected chi connectivity index (χ2v) is 9.32. The molecule has 2 heterocycles. The summed E-state index contributed by atoms with van der Waals surface area (Å²) in [6.45, 7) is 3.74. The van der Waals surface area contributed by atoms with Gasteiger partial charge in [-0.15, -0.1) is 11.3 Å². The van der Waals surface area contributed by atoms with E-state index in [1.807, 2.05) is 61.5 Å². The molecule has 2 aromatic carbocycles. The molecule has 0 unspecified atom stereocenters. The third-order valence-electron chi connectivity index (χ3n) is 5.42. The number of para-hydroxylation sites is 1. The normalized spacial score (nSPS) is 14.8. The predicted octanol–water partition coefficient (Wildman–Crippen LogP) is 4.60. The van der Waals surface area contributed by atoms with E-state index in [-0.39, 0.29) is 17.9 Å². The van der Waals surface area contributed by atoms with Gasteiger partial charge in [0.1, 0.15) is 9.88 Å². The van der Waals surface area contributed by atoms with E-state index in [0.29, 0.717) is 16.4 Å². The Bertz CT molecular complexity index is 1090. The van der Waals surface area contributed by atoms with Crippen molar-refractivity contribution in [1.82, 2.24) is 15.2 Å². The molecule has 6 nitrogen and oxygen atoms in total. The van der Waals surface area contributed by atoms with Crippen molar-refractivity contribution >= 4 is 40.4 Å². The number of nitrogens with zero attached hydrogens (tertiary/aromatic N) is 2. The number of hydrogen-bond donors (Lipinski definition) is 2. The molecule has 1 fully saturated rings. The highest BCUT2D eigenvalue weighted by atomic mass is 35.5. The maximum Gasteiger partial charge on any atom is 0.263 e. The zero-order valence-electron chi connectivity index (χ0n) is 17.8. The standard InChI is InChI=1S/C24H25ClN4O2S/c1-16-22(32-24(26-16)17-6-5-7-18(25)14-17)23(31)28-20-10-12-29(13-11-20)15-21(30)27-19-8-3-2-4-9-19/h2-9,14,20H,10-13,15H2,1H3,(H,27,30)(H,28,31). The Kier molecular flexibility index (Phi) is 7.19. The molecule has 8 heteroatoms. The number of anilines is 1. The summed E-state index contributed by atoms with van der Waals surface area (Å²) in [5.74, 6) is -0.110. The van der Waals surface area contributed by atoms with Crippen LogP contribution in [0.1, 0.15) is 28.2 Å². The average molecular weight is 469 g/mol. The summed E-state index contributed by atoms with van der Waals surface area (Å²) in [7, 11) is 0. The van der Waals surface area contributed by atoms with Gasteiger partial charge in [-0.1, -0.05) is 41.9 Å². The number of nitrogens with one attached hydrogen (secondary N) is 2. The summed E-state index contributed by atoms with van der Waals surface area (Å²) in [4.78, 5) is 32.4. The number of thiazole rings is 1. The van der Waals surface area contributed by atoms with Crippen LogP contribution in [0.15, 0.2) is 54.6 Å². The second-order valence-electron chi connectivity index (χ2n) is 7.88. The monoisotopic (exact) mass is 468 g/mol. The van der Waals surface area contributed by atoms with E-state index < -0.39 is 0 Å². The molecule has 0 radical (unpaired) electrons. The number of aryl methyl sites for hydroxylation is 1. The lowest BCUT2D eigenvalue weighted by Gasteiger charge is -2.31. The van der Waals surface area contributed by atoms with Crippen LogP contribution in [-0.4, -0.2) is 47.4 Å². The molecule has 4 rings (SSSR count). The fraction of sp³-hybridized carbons (Fsp3) is 0.292. The van der Waals surface area contributed by atoms with Gasteiger partial charge in [-0.2, -0.15) is 0 Å². The highest BCUT2D eigenvalue weighted by molar-refractivity contribution is 7.17. The van der Waals surface area contributed by atoms with Crippen molar-refractivity contribution < 1.29 is 9.59 Å². The molecule has 0 saturated carbocycles. The van der Waals surface area contributed by atoms with E-state index in [2.05, 4.69) is 20.5 Å². The molecular weight excluding hydrogens is 444 g/mol. The van der Waals surface area contributed by atoms with Crippen molar-refractivity contribution in [3.05, 3.63) is 70.2 Å². The molecule has 0 bridgehead atoms. The number of amides is 2. The number of piperidine rings is 1. The molecule has 3 aromatic rings. The summed E-state index contributed by atoms with van der Waals surface area (Å²) < 4.78 is 0. The van der Waals surface area contributed by atoms with Gasteiger partial charge in [0, 0.05) is 35.4 Å². The summed E-state index contributed by atoms with van der Waals surface area (Å²) in [6, 6.07) is 17.0. The van der Waals surface area contributed by atoms with Crippen molar-refractivity contribution in [3.63, 3.8) is 0 Å². The molecular formula is C24H25ClN4O2S. The lowest BCUT2D eigenvalue weighted by Crippen LogP contribution is -2.46. The topological polar surface area (TPSA) is 74.3 Å². The van der Waals surface area contributed by atoms with E-state index in [4.69, 9.17) is 11.6 Å². The van der Waals surface area contributed by atoms with E-state index in [0.717, 1.165) is 47.9 Å². The van der Waals surface area contributed by atoms with Crippen LogP contribution in [0, 0.1) is 6.92 Å². The van der Waals surface area contributed by atoms with Crippen molar-refractivity contribution in [2.45, 2.75) is 25.8 Å². The Morgan fingerprint density at radius 1 is 1.12 bits per heavy atom. The van der Waals surface area contributed by atoms with Gasteiger partial charge in [0.2, 0.25) is 5.91 Å². The molecule has 2 amide bonds. The lowest BCUT2D eigenvalue weighted by molar-refractivity contribution is -0.117. The van der Waals surface area contributed by atoms with Gasteiger partial charge in [-0.25, -0.2) is 4.98 Å². The first-order chi connectivity index (χ1) is 15.5. The summed E-state index contributed by atoms with van der Waals surface area (Å²) in [6.07, 6.45) is 1.62. The maximum absolute atomic E-state index is 12.9. The molecule has 166 valence electrons. The molecule has 0 aliphatic carbocycles. The first-order valence-corrected chi connectivity index (χ1v) is 11.8. The molecule has 1 aromatic heterocycles. The van der Waals surface area contributed by atoms with E-state index in [1.165, 1.54) is 11.3 Å².